The predicted molar refractivity (Wildman–Crippen MR) is 72.8 cm³/mol. The van der Waals surface area contributed by atoms with Crippen LogP contribution >= 0.6 is 27.3 Å². The molecule has 1 heterocycles. The first-order valence-corrected chi connectivity index (χ1v) is 8.22. The predicted octanol–water partition coefficient (Wildman–Crippen LogP) is 2.46. The summed E-state index contributed by atoms with van der Waals surface area (Å²) in [4.78, 5) is 0. The van der Waals surface area contributed by atoms with Crippen LogP contribution in [-0.4, -0.2) is 28.2 Å². The summed E-state index contributed by atoms with van der Waals surface area (Å²) in [5.41, 5.74) is 0. The highest BCUT2D eigenvalue weighted by Crippen LogP contribution is 2.26. The zero-order valence-electron chi connectivity index (χ0n) is 9.94. The molecule has 0 fully saturated rings. The summed E-state index contributed by atoms with van der Waals surface area (Å²) in [6, 6.07) is 3.09. The first-order chi connectivity index (χ1) is 7.86. The molecular formula is C10H16BrNO3S2. The zero-order chi connectivity index (χ0) is 13.1. The van der Waals surface area contributed by atoms with Gasteiger partial charge in [-0.15, -0.1) is 11.3 Å². The van der Waals surface area contributed by atoms with Crippen molar-refractivity contribution in [1.29, 1.82) is 0 Å². The van der Waals surface area contributed by atoms with Gasteiger partial charge in [0.1, 0.15) is 4.21 Å². The van der Waals surface area contributed by atoms with Crippen molar-refractivity contribution in [2.45, 2.75) is 24.1 Å². The van der Waals surface area contributed by atoms with Crippen LogP contribution in [0.1, 0.15) is 13.8 Å². The Morgan fingerprint density at radius 3 is 2.53 bits per heavy atom. The molecule has 17 heavy (non-hydrogen) atoms. The topological polar surface area (TPSA) is 55.4 Å². The molecule has 0 bridgehead atoms. The quantitative estimate of drug-likeness (QED) is 0.864. The first-order valence-electron chi connectivity index (χ1n) is 5.13. The van der Waals surface area contributed by atoms with E-state index < -0.39 is 10.0 Å². The maximum atomic E-state index is 12.1. The van der Waals surface area contributed by atoms with Crippen LogP contribution in [-0.2, 0) is 14.8 Å². The second kappa shape index (κ2) is 6.29. The molecule has 7 heteroatoms. The molecule has 0 aliphatic rings. The van der Waals surface area contributed by atoms with Crippen LogP contribution in [0.15, 0.2) is 20.1 Å². The molecule has 0 aliphatic heterocycles. The van der Waals surface area contributed by atoms with Gasteiger partial charge in [0.25, 0.3) is 0 Å². The highest BCUT2D eigenvalue weighted by atomic mass is 79.9. The smallest absolute Gasteiger partial charge is 0.250 e. The number of thiophene rings is 1. The van der Waals surface area contributed by atoms with E-state index in [1.54, 1.807) is 19.2 Å². The lowest BCUT2D eigenvalue weighted by Crippen LogP contribution is -2.41. The summed E-state index contributed by atoms with van der Waals surface area (Å²) < 4.78 is 32.9. The Bertz CT molecular complexity index is 456. The third-order valence-electron chi connectivity index (χ3n) is 2.27. The van der Waals surface area contributed by atoms with Crippen LogP contribution in [0, 0.1) is 5.92 Å². The average molecular weight is 342 g/mol. The number of rotatable bonds is 6. The number of ether oxygens (including phenoxy) is 1. The van der Waals surface area contributed by atoms with E-state index in [0.29, 0.717) is 10.8 Å². The maximum Gasteiger partial charge on any atom is 0.250 e. The van der Waals surface area contributed by atoms with E-state index in [4.69, 9.17) is 4.74 Å². The van der Waals surface area contributed by atoms with Gasteiger partial charge in [-0.2, -0.15) is 0 Å². The van der Waals surface area contributed by atoms with E-state index in [9.17, 15) is 8.42 Å². The van der Waals surface area contributed by atoms with Crippen LogP contribution < -0.4 is 4.72 Å². The monoisotopic (exact) mass is 341 g/mol. The van der Waals surface area contributed by atoms with Crippen molar-refractivity contribution in [3.05, 3.63) is 15.9 Å². The second-order valence-electron chi connectivity index (χ2n) is 3.99. The largest absolute Gasteiger partial charge is 0.383 e. The Morgan fingerprint density at radius 2 is 2.12 bits per heavy atom. The fourth-order valence-corrected chi connectivity index (χ4v) is 4.64. The third kappa shape index (κ3) is 4.33. The molecule has 0 aromatic carbocycles. The Hall–Kier alpha value is 0.0500. The number of methoxy groups -OCH3 is 1. The van der Waals surface area contributed by atoms with E-state index in [-0.39, 0.29) is 12.0 Å². The van der Waals surface area contributed by atoms with Gasteiger partial charge >= 0.3 is 0 Å². The lowest BCUT2D eigenvalue weighted by molar-refractivity contribution is 0.157. The van der Waals surface area contributed by atoms with Gasteiger partial charge < -0.3 is 4.74 Å². The minimum absolute atomic E-state index is 0.174. The normalized spacial score (nSPS) is 14.2. The Labute approximate surface area is 115 Å². The Morgan fingerprint density at radius 1 is 1.47 bits per heavy atom. The van der Waals surface area contributed by atoms with Gasteiger partial charge in [-0.05, 0) is 34.0 Å². The summed E-state index contributed by atoms with van der Waals surface area (Å²) in [5, 5.41) is 0. The van der Waals surface area contributed by atoms with Crippen molar-refractivity contribution in [3.8, 4) is 0 Å². The lowest BCUT2D eigenvalue weighted by atomic mass is 10.1. The van der Waals surface area contributed by atoms with Gasteiger partial charge in [0.2, 0.25) is 10.0 Å². The highest BCUT2D eigenvalue weighted by molar-refractivity contribution is 9.11. The van der Waals surface area contributed by atoms with Crippen molar-refractivity contribution < 1.29 is 13.2 Å². The van der Waals surface area contributed by atoms with Crippen LogP contribution in [0.5, 0.6) is 0 Å². The Balaban J connectivity index is 2.84. The summed E-state index contributed by atoms with van der Waals surface area (Å²) in [6.45, 7) is 4.27. The third-order valence-corrected chi connectivity index (χ3v) is 5.88. The van der Waals surface area contributed by atoms with Crippen molar-refractivity contribution in [1.82, 2.24) is 4.72 Å². The molecule has 98 valence electrons. The number of halogens is 1. The molecule has 0 aliphatic carbocycles. The van der Waals surface area contributed by atoms with E-state index in [2.05, 4.69) is 20.7 Å². The van der Waals surface area contributed by atoms with E-state index in [1.165, 1.54) is 11.3 Å². The summed E-state index contributed by atoms with van der Waals surface area (Å²) in [6.07, 6.45) is 0. The summed E-state index contributed by atoms with van der Waals surface area (Å²) in [7, 11) is -1.89. The molecule has 0 spiro atoms. The number of sulfonamides is 1. The van der Waals surface area contributed by atoms with E-state index in [1.807, 2.05) is 13.8 Å². The maximum absolute atomic E-state index is 12.1. The van der Waals surface area contributed by atoms with Gasteiger partial charge in [0, 0.05) is 13.2 Å². The summed E-state index contributed by atoms with van der Waals surface area (Å²) >= 11 is 4.44. The van der Waals surface area contributed by atoms with Gasteiger partial charge in [0.15, 0.2) is 0 Å². The van der Waals surface area contributed by atoms with Crippen molar-refractivity contribution in [3.63, 3.8) is 0 Å². The minimum atomic E-state index is -3.45. The van der Waals surface area contributed by atoms with Crippen LogP contribution in [0.4, 0.5) is 0 Å². The van der Waals surface area contributed by atoms with Crippen molar-refractivity contribution >= 4 is 37.3 Å². The van der Waals surface area contributed by atoms with Crippen LogP contribution in [0.2, 0.25) is 0 Å². The highest BCUT2D eigenvalue weighted by Gasteiger charge is 2.23. The summed E-state index contributed by atoms with van der Waals surface area (Å²) in [5.74, 6) is 0.174. The number of hydrogen-bond acceptors (Lipinski definition) is 4. The molecule has 0 saturated carbocycles. The van der Waals surface area contributed by atoms with E-state index in [0.717, 1.165) is 3.79 Å². The standard InChI is InChI=1S/C10H16BrNO3S2/c1-7(2)8(6-15-3)12-17(13,14)10-5-4-9(11)16-10/h4-5,7-8,12H,6H2,1-3H3. The van der Waals surface area contributed by atoms with Gasteiger partial charge in [-0.3, -0.25) is 0 Å². The van der Waals surface area contributed by atoms with Crippen molar-refractivity contribution in [2.75, 3.05) is 13.7 Å². The van der Waals surface area contributed by atoms with Crippen LogP contribution in [0.25, 0.3) is 0 Å². The minimum Gasteiger partial charge on any atom is -0.383 e. The SMILES string of the molecule is COCC(NS(=O)(=O)c1ccc(Br)s1)C(C)C. The number of hydrogen-bond donors (Lipinski definition) is 1. The molecule has 4 nitrogen and oxygen atoms in total. The zero-order valence-corrected chi connectivity index (χ0v) is 13.2. The Kier molecular flexibility index (Phi) is 5.59. The van der Waals surface area contributed by atoms with Gasteiger partial charge in [0.05, 0.1) is 10.4 Å². The molecule has 0 radical (unpaired) electrons. The van der Waals surface area contributed by atoms with Gasteiger partial charge in [-0.25, -0.2) is 13.1 Å². The molecule has 1 aromatic rings. The molecule has 1 atom stereocenters. The molecule has 1 unspecified atom stereocenters. The fourth-order valence-electron chi connectivity index (χ4n) is 1.24. The molecule has 0 amide bonds. The van der Waals surface area contributed by atoms with Crippen molar-refractivity contribution in [2.24, 2.45) is 5.92 Å². The van der Waals surface area contributed by atoms with Crippen LogP contribution in [0.3, 0.4) is 0 Å². The molecule has 1 rings (SSSR count). The number of nitrogens with one attached hydrogen (secondary N) is 1. The lowest BCUT2D eigenvalue weighted by Gasteiger charge is -2.20. The van der Waals surface area contributed by atoms with Gasteiger partial charge in [-0.1, -0.05) is 13.8 Å². The second-order valence-corrected chi connectivity index (χ2v) is 8.39. The molecule has 1 N–H and O–H groups in total. The molecular weight excluding hydrogens is 326 g/mol. The fraction of sp³-hybridized carbons (Fsp3) is 0.600. The van der Waals surface area contributed by atoms with E-state index >= 15 is 0 Å². The average Bonchev–Trinajstić information content (AvgIpc) is 2.64. The first kappa shape index (κ1) is 15.1. The molecule has 0 saturated heterocycles. The molecule has 1 aromatic heterocycles.